The quantitative estimate of drug-likeness (QED) is 0.366. The van der Waals surface area contributed by atoms with Crippen LogP contribution in [-0.4, -0.2) is 77.4 Å². The fourth-order valence-electron chi connectivity index (χ4n) is 6.89. The van der Waals surface area contributed by atoms with Gasteiger partial charge in [0.05, 0.1) is 29.1 Å². The highest BCUT2D eigenvalue weighted by molar-refractivity contribution is 5.83. The number of fused-ring (bicyclic) bond motifs is 1. The number of carbonyl (C=O) groups excluding carboxylic acids is 2. The van der Waals surface area contributed by atoms with Crippen molar-refractivity contribution >= 4 is 11.9 Å². The molecule has 2 aromatic carbocycles. The molecule has 3 aliphatic rings. The number of nitrogens with zero attached hydrogens (tertiary/aromatic N) is 4. The van der Waals surface area contributed by atoms with Crippen LogP contribution in [0.3, 0.4) is 0 Å². The van der Waals surface area contributed by atoms with Gasteiger partial charge in [-0.05, 0) is 73.7 Å². The second kappa shape index (κ2) is 12.0. The topological polar surface area (TPSA) is 47.1 Å². The van der Waals surface area contributed by atoms with Crippen molar-refractivity contribution in [2.75, 3.05) is 39.8 Å². The van der Waals surface area contributed by atoms with Gasteiger partial charge in [-0.2, -0.15) is 26.3 Å². The zero-order chi connectivity index (χ0) is 31.1. The molecule has 0 radical (unpaired) electrons. The van der Waals surface area contributed by atoms with E-state index in [1.165, 1.54) is 7.05 Å². The van der Waals surface area contributed by atoms with Crippen molar-refractivity contribution in [1.82, 2.24) is 19.6 Å². The third kappa shape index (κ3) is 6.49. The monoisotopic (exact) mass is 610 g/mol. The molecule has 0 N–H and O–H groups in total. The van der Waals surface area contributed by atoms with Gasteiger partial charge in [0.2, 0.25) is 5.91 Å². The highest BCUT2D eigenvalue weighted by atomic mass is 19.4. The molecule has 3 amide bonds. The van der Waals surface area contributed by atoms with Crippen LogP contribution in [0.5, 0.6) is 0 Å². The molecular formula is C31H36F6N4O2. The lowest BCUT2D eigenvalue weighted by atomic mass is 9.88. The number of rotatable bonds is 6. The Morgan fingerprint density at radius 2 is 1.56 bits per heavy atom. The van der Waals surface area contributed by atoms with Gasteiger partial charge >= 0.3 is 18.4 Å². The fraction of sp³-hybridized carbons (Fsp3) is 0.548. The molecule has 3 heterocycles. The summed E-state index contributed by atoms with van der Waals surface area (Å²) in [6, 6.07) is 7.77. The number of alkyl halides is 6. The van der Waals surface area contributed by atoms with Crippen molar-refractivity contribution in [2.45, 2.75) is 63.6 Å². The molecule has 12 heteroatoms. The van der Waals surface area contributed by atoms with Gasteiger partial charge in [-0.25, -0.2) is 4.79 Å². The number of carbonyl (C=O) groups is 2. The van der Waals surface area contributed by atoms with Crippen LogP contribution < -0.4 is 0 Å². The molecule has 3 atom stereocenters. The summed E-state index contributed by atoms with van der Waals surface area (Å²) in [5, 5.41) is 0. The SMILES string of the molecule is CCc1ccccc1C1C2CC(CN3CCCC3)C(=O)N2CCN1C(=O)N(C)Cc1cc(C(F)(F)F)cc(C(F)(F)F)c1. The van der Waals surface area contributed by atoms with Crippen LogP contribution in [0.2, 0.25) is 0 Å². The number of piperazine rings is 1. The third-order valence-corrected chi connectivity index (χ3v) is 8.91. The van der Waals surface area contributed by atoms with Gasteiger partial charge in [0.25, 0.3) is 0 Å². The zero-order valence-electron chi connectivity index (χ0n) is 24.2. The number of urea groups is 1. The summed E-state index contributed by atoms with van der Waals surface area (Å²) >= 11 is 0. The van der Waals surface area contributed by atoms with Crippen LogP contribution in [0.4, 0.5) is 31.1 Å². The lowest BCUT2D eigenvalue weighted by Gasteiger charge is -2.46. The Balaban J connectivity index is 1.44. The Hall–Kier alpha value is -3.28. The average molecular weight is 611 g/mol. The third-order valence-electron chi connectivity index (χ3n) is 8.91. The van der Waals surface area contributed by atoms with Gasteiger partial charge < -0.3 is 19.6 Å². The van der Waals surface area contributed by atoms with Gasteiger partial charge in [0, 0.05) is 33.2 Å². The lowest BCUT2D eigenvalue weighted by molar-refractivity contribution is -0.143. The molecule has 3 fully saturated rings. The highest BCUT2D eigenvalue weighted by Crippen LogP contribution is 2.42. The molecule has 234 valence electrons. The first kappa shape index (κ1) is 31.2. The van der Waals surface area contributed by atoms with Gasteiger partial charge in [-0.15, -0.1) is 0 Å². The summed E-state index contributed by atoms with van der Waals surface area (Å²) in [4.78, 5) is 34.5. The van der Waals surface area contributed by atoms with Crippen LogP contribution in [0.15, 0.2) is 42.5 Å². The van der Waals surface area contributed by atoms with E-state index in [1.807, 2.05) is 36.1 Å². The van der Waals surface area contributed by atoms with E-state index in [2.05, 4.69) is 4.90 Å². The molecule has 0 spiro atoms. The van der Waals surface area contributed by atoms with Crippen LogP contribution in [0.25, 0.3) is 0 Å². The number of aryl methyl sites for hydroxylation is 1. The molecular weight excluding hydrogens is 574 g/mol. The number of benzene rings is 2. The summed E-state index contributed by atoms with van der Waals surface area (Å²) in [6.45, 7) is 4.63. The molecule has 0 saturated carbocycles. The minimum atomic E-state index is -4.98. The maximum Gasteiger partial charge on any atom is 0.416 e. The maximum absolute atomic E-state index is 14.0. The second-order valence-corrected chi connectivity index (χ2v) is 11.8. The minimum Gasteiger partial charge on any atom is -0.335 e. The van der Waals surface area contributed by atoms with Crippen molar-refractivity contribution < 1.29 is 35.9 Å². The summed E-state index contributed by atoms with van der Waals surface area (Å²) in [5.41, 5.74) is -1.21. The van der Waals surface area contributed by atoms with Crippen LogP contribution in [-0.2, 0) is 30.1 Å². The predicted octanol–water partition coefficient (Wildman–Crippen LogP) is 6.21. The van der Waals surface area contributed by atoms with E-state index in [4.69, 9.17) is 0 Å². The van der Waals surface area contributed by atoms with Crippen molar-refractivity contribution in [3.05, 3.63) is 70.3 Å². The number of amides is 3. The van der Waals surface area contributed by atoms with E-state index in [0.717, 1.165) is 42.0 Å². The van der Waals surface area contributed by atoms with Crippen molar-refractivity contribution in [1.29, 1.82) is 0 Å². The number of hydrogen-bond donors (Lipinski definition) is 0. The number of likely N-dealkylation sites (tertiary alicyclic amines) is 1. The molecule has 0 aromatic heterocycles. The second-order valence-electron chi connectivity index (χ2n) is 11.8. The molecule has 6 nitrogen and oxygen atoms in total. The first-order valence-electron chi connectivity index (χ1n) is 14.7. The van der Waals surface area contributed by atoms with Crippen molar-refractivity contribution in [3.63, 3.8) is 0 Å². The maximum atomic E-state index is 14.0. The molecule has 43 heavy (non-hydrogen) atoms. The van der Waals surface area contributed by atoms with Crippen LogP contribution in [0.1, 0.15) is 60.0 Å². The smallest absolute Gasteiger partial charge is 0.335 e. The summed E-state index contributed by atoms with van der Waals surface area (Å²) in [7, 11) is 1.38. The molecule has 3 unspecified atom stereocenters. The average Bonchev–Trinajstić information content (AvgIpc) is 3.58. The summed E-state index contributed by atoms with van der Waals surface area (Å²) in [5.74, 6) is -0.127. The first-order valence-corrected chi connectivity index (χ1v) is 14.7. The van der Waals surface area contributed by atoms with E-state index in [0.29, 0.717) is 38.1 Å². The molecule has 0 aliphatic carbocycles. The Bertz CT molecular complexity index is 1310. The largest absolute Gasteiger partial charge is 0.416 e. The predicted molar refractivity (Wildman–Crippen MR) is 148 cm³/mol. The molecule has 3 saturated heterocycles. The van der Waals surface area contributed by atoms with E-state index in [9.17, 15) is 35.9 Å². The standard InChI is InChI=1S/C31H36F6N4O2/c1-3-21-8-4-5-9-25(21)27-26-16-22(19-39-10-6-7-11-39)28(42)40(26)12-13-41(27)29(43)38(2)18-20-14-23(30(32,33)34)17-24(15-20)31(35,36)37/h4-5,8-9,14-15,17,22,26-27H,3,6-7,10-13,16,18-19H2,1-2H3. The Labute approximate surface area is 247 Å². The molecule has 2 aromatic rings. The summed E-state index contributed by atoms with van der Waals surface area (Å²) in [6.07, 6.45) is -6.51. The molecule has 3 aliphatic heterocycles. The lowest BCUT2D eigenvalue weighted by Crippen LogP contribution is -2.57. The van der Waals surface area contributed by atoms with E-state index in [-0.39, 0.29) is 36.0 Å². The molecule has 5 rings (SSSR count). The highest BCUT2D eigenvalue weighted by Gasteiger charge is 2.50. The van der Waals surface area contributed by atoms with Crippen LogP contribution in [0, 0.1) is 5.92 Å². The first-order chi connectivity index (χ1) is 20.3. The Morgan fingerprint density at radius 1 is 0.930 bits per heavy atom. The number of halogens is 6. The van der Waals surface area contributed by atoms with Crippen LogP contribution >= 0.6 is 0 Å². The van der Waals surface area contributed by atoms with Gasteiger partial charge in [-0.3, -0.25) is 4.79 Å². The van der Waals surface area contributed by atoms with Crippen molar-refractivity contribution in [2.24, 2.45) is 5.92 Å². The number of hydrogen-bond acceptors (Lipinski definition) is 3. The van der Waals surface area contributed by atoms with Gasteiger partial charge in [0.15, 0.2) is 0 Å². The Morgan fingerprint density at radius 3 is 2.16 bits per heavy atom. The normalized spacial score (nSPS) is 23.2. The Kier molecular flexibility index (Phi) is 8.70. The molecule has 0 bridgehead atoms. The van der Waals surface area contributed by atoms with E-state index in [1.54, 1.807) is 4.90 Å². The van der Waals surface area contributed by atoms with Gasteiger partial charge in [0.1, 0.15) is 0 Å². The van der Waals surface area contributed by atoms with Gasteiger partial charge in [-0.1, -0.05) is 31.2 Å². The van der Waals surface area contributed by atoms with E-state index >= 15 is 0 Å². The fourth-order valence-corrected chi connectivity index (χ4v) is 6.89. The minimum absolute atomic E-state index is 0.0694. The van der Waals surface area contributed by atoms with E-state index < -0.39 is 42.1 Å². The zero-order valence-corrected chi connectivity index (χ0v) is 24.2. The van der Waals surface area contributed by atoms with Crippen molar-refractivity contribution in [3.8, 4) is 0 Å². The summed E-state index contributed by atoms with van der Waals surface area (Å²) < 4.78 is 80.7.